The highest BCUT2D eigenvalue weighted by Crippen LogP contribution is 2.24. The van der Waals surface area contributed by atoms with E-state index >= 15 is 0 Å². The summed E-state index contributed by atoms with van der Waals surface area (Å²) in [7, 11) is 0. The van der Waals surface area contributed by atoms with E-state index in [4.69, 9.17) is 0 Å². The molecule has 0 spiro atoms. The number of carbonyl (C=O) groups excluding carboxylic acids is 2. The summed E-state index contributed by atoms with van der Waals surface area (Å²) >= 11 is 3.90. The number of carbonyl (C=O) groups is 2. The lowest BCUT2D eigenvalue weighted by Gasteiger charge is -2.23. The van der Waals surface area contributed by atoms with Crippen molar-refractivity contribution in [1.82, 2.24) is 5.32 Å². The van der Waals surface area contributed by atoms with Gasteiger partial charge in [-0.3, -0.25) is 9.59 Å². The van der Waals surface area contributed by atoms with Crippen molar-refractivity contribution in [2.24, 2.45) is 5.92 Å². The zero-order valence-electron chi connectivity index (χ0n) is 11.7. The van der Waals surface area contributed by atoms with Crippen LogP contribution in [0.15, 0.2) is 60.7 Å². The van der Waals surface area contributed by atoms with Gasteiger partial charge in [0.2, 0.25) is 0 Å². The van der Waals surface area contributed by atoms with Crippen LogP contribution in [0.25, 0.3) is 0 Å². The third-order valence-electron chi connectivity index (χ3n) is 3.37. The van der Waals surface area contributed by atoms with Crippen molar-refractivity contribution in [3.05, 3.63) is 71.8 Å². The largest absolute Gasteiger partial charge is 0.344 e. The molecule has 4 heteroatoms. The molecule has 108 valence electrons. The highest BCUT2D eigenvalue weighted by atomic mass is 32.1. The Bertz CT molecular complexity index is 613. The average Bonchev–Trinajstić information content (AvgIpc) is 2.53. The van der Waals surface area contributed by atoms with Crippen LogP contribution >= 0.6 is 12.6 Å². The second-order valence-electron chi connectivity index (χ2n) is 4.85. The Balaban J connectivity index is 2.25. The minimum Gasteiger partial charge on any atom is -0.344 e. The Morgan fingerprint density at radius 3 is 2.00 bits per heavy atom. The van der Waals surface area contributed by atoms with Crippen molar-refractivity contribution >= 4 is 23.7 Å². The monoisotopic (exact) mass is 299 g/mol. The maximum atomic E-state index is 12.3. The predicted molar refractivity (Wildman–Crippen MR) is 86.2 cm³/mol. The van der Waals surface area contributed by atoms with Gasteiger partial charge in [-0.05, 0) is 17.7 Å². The lowest BCUT2D eigenvalue weighted by atomic mass is 9.95. The van der Waals surface area contributed by atoms with Gasteiger partial charge in [-0.25, -0.2) is 0 Å². The summed E-state index contributed by atoms with van der Waals surface area (Å²) in [5.41, 5.74) is 1.45. The summed E-state index contributed by atoms with van der Waals surface area (Å²) in [4.78, 5) is 23.9. The summed E-state index contributed by atoms with van der Waals surface area (Å²) < 4.78 is 0. The smallest absolute Gasteiger partial charge is 0.251 e. The van der Waals surface area contributed by atoms with E-state index < -0.39 is 12.0 Å². The predicted octanol–water partition coefficient (Wildman–Crippen LogP) is 3.25. The van der Waals surface area contributed by atoms with Gasteiger partial charge >= 0.3 is 0 Å². The summed E-state index contributed by atoms with van der Waals surface area (Å²) in [6, 6.07) is 18.0. The van der Waals surface area contributed by atoms with Gasteiger partial charge in [0.1, 0.15) is 0 Å². The van der Waals surface area contributed by atoms with E-state index in [-0.39, 0.29) is 11.0 Å². The van der Waals surface area contributed by atoms with E-state index in [1.165, 1.54) is 0 Å². The lowest BCUT2D eigenvalue weighted by Crippen LogP contribution is -2.34. The van der Waals surface area contributed by atoms with Crippen molar-refractivity contribution in [2.75, 3.05) is 0 Å². The van der Waals surface area contributed by atoms with E-state index in [9.17, 15) is 9.59 Å². The molecule has 2 atom stereocenters. The van der Waals surface area contributed by atoms with Crippen LogP contribution in [0, 0.1) is 5.92 Å². The summed E-state index contributed by atoms with van der Waals surface area (Å²) in [6.45, 7) is 1.76. The van der Waals surface area contributed by atoms with Gasteiger partial charge in [-0.2, -0.15) is 0 Å². The zero-order valence-corrected chi connectivity index (χ0v) is 12.6. The van der Waals surface area contributed by atoms with E-state index in [0.29, 0.717) is 5.56 Å². The minimum atomic E-state index is -0.414. The van der Waals surface area contributed by atoms with Gasteiger partial charge in [0.15, 0.2) is 5.12 Å². The van der Waals surface area contributed by atoms with Gasteiger partial charge in [0, 0.05) is 11.5 Å². The number of hydrogen-bond donors (Lipinski definition) is 2. The van der Waals surface area contributed by atoms with Crippen molar-refractivity contribution < 1.29 is 9.59 Å². The molecule has 2 unspecified atom stereocenters. The Morgan fingerprint density at radius 2 is 1.48 bits per heavy atom. The van der Waals surface area contributed by atoms with Crippen molar-refractivity contribution in [3.63, 3.8) is 0 Å². The molecule has 0 saturated carbocycles. The number of thiol groups is 1. The van der Waals surface area contributed by atoms with Crippen LogP contribution in [0.5, 0.6) is 0 Å². The molecule has 0 aromatic heterocycles. The summed E-state index contributed by atoms with van der Waals surface area (Å²) in [6.07, 6.45) is 0. The Labute approximate surface area is 129 Å². The SMILES string of the molecule is CC(C(=O)S)C(NC(=O)c1ccccc1)c1ccccc1. The first kappa shape index (κ1) is 15.3. The third-order valence-corrected chi connectivity index (χ3v) is 3.78. The maximum absolute atomic E-state index is 12.3. The molecule has 1 N–H and O–H groups in total. The number of rotatable bonds is 5. The first-order valence-corrected chi connectivity index (χ1v) is 7.18. The van der Waals surface area contributed by atoms with Crippen molar-refractivity contribution in [3.8, 4) is 0 Å². The van der Waals surface area contributed by atoms with Crippen LogP contribution in [-0.2, 0) is 4.79 Å². The van der Waals surface area contributed by atoms with Crippen LogP contribution in [0.4, 0.5) is 0 Å². The topological polar surface area (TPSA) is 46.2 Å². The molecule has 2 aromatic rings. The second-order valence-corrected chi connectivity index (χ2v) is 5.30. The number of benzene rings is 2. The lowest BCUT2D eigenvalue weighted by molar-refractivity contribution is -0.114. The number of hydrogen-bond acceptors (Lipinski definition) is 2. The molecule has 0 aliphatic carbocycles. The second kappa shape index (κ2) is 7.09. The van der Waals surface area contributed by atoms with Crippen LogP contribution in [0.3, 0.4) is 0 Å². The number of amides is 1. The fourth-order valence-electron chi connectivity index (χ4n) is 2.11. The highest BCUT2D eigenvalue weighted by molar-refractivity contribution is 7.96. The molecule has 0 heterocycles. The molecule has 0 saturated heterocycles. The molecule has 0 radical (unpaired) electrons. The summed E-state index contributed by atoms with van der Waals surface area (Å²) in [5, 5.41) is 2.67. The van der Waals surface area contributed by atoms with Gasteiger partial charge in [0.05, 0.1) is 6.04 Å². The third kappa shape index (κ3) is 3.95. The molecular weight excluding hydrogens is 282 g/mol. The van der Waals surface area contributed by atoms with E-state index in [1.54, 1.807) is 31.2 Å². The first-order chi connectivity index (χ1) is 10.1. The quantitative estimate of drug-likeness (QED) is 0.833. The number of nitrogens with one attached hydrogen (secondary N) is 1. The van der Waals surface area contributed by atoms with Crippen LogP contribution in [-0.4, -0.2) is 11.0 Å². The fourth-order valence-corrected chi connectivity index (χ4v) is 2.26. The fraction of sp³-hybridized carbons (Fsp3) is 0.176. The van der Waals surface area contributed by atoms with E-state index in [0.717, 1.165) is 5.56 Å². The van der Waals surface area contributed by atoms with Crippen LogP contribution < -0.4 is 5.32 Å². The first-order valence-electron chi connectivity index (χ1n) is 6.73. The molecular formula is C17H17NO2S. The Kier molecular flexibility index (Phi) is 5.17. The molecule has 0 aliphatic heterocycles. The van der Waals surface area contributed by atoms with Gasteiger partial charge in [-0.1, -0.05) is 55.5 Å². The molecule has 0 fully saturated rings. The average molecular weight is 299 g/mol. The Hall–Kier alpha value is -2.07. The molecule has 0 bridgehead atoms. The maximum Gasteiger partial charge on any atom is 0.251 e. The Morgan fingerprint density at radius 1 is 0.952 bits per heavy atom. The van der Waals surface area contributed by atoms with Crippen LogP contribution in [0.2, 0.25) is 0 Å². The molecule has 1 amide bonds. The summed E-state index contributed by atoms with van der Waals surface area (Å²) in [5.74, 6) is -0.616. The molecule has 21 heavy (non-hydrogen) atoms. The molecule has 2 rings (SSSR count). The molecule has 3 nitrogen and oxygen atoms in total. The van der Waals surface area contributed by atoms with E-state index in [1.807, 2.05) is 36.4 Å². The zero-order chi connectivity index (χ0) is 15.2. The van der Waals surface area contributed by atoms with Gasteiger partial charge < -0.3 is 5.32 Å². The van der Waals surface area contributed by atoms with Gasteiger partial charge in [0.25, 0.3) is 5.91 Å². The van der Waals surface area contributed by atoms with Crippen molar-refractivity contribution in [2.45, 2.75) is 13.0 Å². The van der Waals surface area contributed by atoms with Crippen LogP contribution in [0.1, 0.15) is 28.9 Å². The normalized spacial score (nSPS) is 13.2. The van der Waals surface area contributed by atoms with Gasteiger partial charge in [-0.15, -0.1) is 12.6 Å². The molecule has 2 aromatic carbocycles. The minimum absolute atomic E-state index is 0.203. The molecule has 0 aliphatic rings. The highest BCUT2D eigenvalue weighted by Gasteiger charge is 2.25. The van der Waals surface area contributed by atoms with Crippen molar-refractivity contribution in [1.29, 1.82) is 0 Å². The van der Waals surface area contributed by atoms with E-state index in [2.05, 4.69) is 17.9 Å². The standard InChI is InChI=1S/C17H17NO2S/c1-12(17(20)21)15(13-8-4-2-5-9-13)18-16(19)14-10-6-3-7-11-14/h2-12,15H,1H3,(H,18,19)(H,20,21).